The summed E-state index contributed by atoms with van der Waals surface area (Å²) in [6, 6.07) is 2.25. The normalized spacial score (nSPS) is 22.0. The number of nitrogens with one attached hydrogen (secondary N) is 1. The quantitative estimate of drug-likeness (QED) is 0.711. The van der Waals surface area contributed by atoms with Crippen LogP contribution in [0, 0.1) is 5.41 Å². The maximum atomic E-state index is 4.33. The van der Waals surface area contributed by atoms with Crippen LogP contribution < -0.4 is 5.32 Å². The van der Waals surface area contributed by atoms with Gasteiger partial charge in [0.05, 0.1) is 23.5 Å². The van der Waals surface area contributed by atoms with Gasteiger partial charge in [-0.1, -0.05) is 13.8 Å². The van der Waals surface area contributed by atoms with Crippen LogP contribution in [0.5, 0.6) is 0 Å². The number of hydrogen-bond donors (Lipinski definition) is 1. The summed E-state index contributed by atoms with van der Waals surface area (Å²) in [5, 5.41) is 5.50. The molecule has 0 amide bonds. The number of aliphatic imine (C=N–C) groups is 1. The molecule has 0 spiro atoms. The fourth-order valence-electron chi connectivity index (χ4n) is 2.45. The van der Waals surface area contributed by atoms with E-state index in [1.165, 1.54) is 21.7 Å². The number of hydrogen-bond acceptors (Lipinski definition) is 3. The largest absolute Gasteiger partial charge is 0.346 e. The Morgan fingerprint density at radius 2 is 2.33 bits per heavy atom. The van der Waals surface area contributed by atoms with Gasteiger partial charge in [0, 0.05) is 0 Å². The van der Waals surface area contributed by atoms with Gasteiger partial charge in [0.15, 0.2) is 0 Å². The molecule has 1 N–H and O–H groups in total. The molecular weight excluding hydrogens is 204 g/mol. The van der Waals surface area contributed by atoms with Gasteiger partial charge in [-0.3, -0.25) is 4.99 Å². The molecule has 0 saturated heterocycles. The molecule has 1 aliphatic carbocycles. The first kappa shape index (κ1) is 9.16. The summed E-state index contributed by atoms with van der Waals surface area (Å²) >= 11 is 1.83. The maximum absolute atomic E-state index is 4.33. The van der Waals surface area contributed by atoms with E-state index in [9.17, 15) is 0 Å². The zero-order valence-corrected chi connectivity index (χ0v) is 9.82. The highest BCUT2D eigenvalue weighted by Gasteiger charge is 2.34. The summed E-state index contributed by atoms with van der Waals surface area (Å²) in [7, 11) is 0. The lowest BCUT2D eigenvalue weighted by Crippen LogP contribution is -2.31. The average molecular weight is 218 g/mol. The van der Waals surface area contributed by atoms with Gasteiger partial charge in [0.25, 0.3) is 0 Å². The Balaban J connectivity index is 2.20. The minimum Gasteiger partial charge on any atom is -0.346 e. The SMILES string of the molecule is CC1(C)Cc2ccsc2C2=C1CN=CN2. The van der Waals surface area contributed by atoms with E-state index in [-0.39, 0.29) is 5.41 Å². The summed E-state index contributed by atoms with van der Waals surface area (Å²) in [6.07, 6.45) is 2.96. The number of fused-ring (bicyclic) bond motifs is 2. The second-order valence-corrected chi connectivity index (χ2v) is 5.72. The first-order chi connectivity index (χ1) is 7.18. The average Bonchev–Trinajstić information content (AvgIpc) is 2.65. The van der Waals surface area contributed by atoms with Crippen molar-refractivity contribution in [3.05, 3.63) is 27.5 Å². The molecule has 0 unspecified atom stereocenters. The van der Waals surface area contributed by atoms with Crippen LogP contribution >= 0.6 is 11.3 Å². The van der Waals surface area contributed by atoms with Crippen molar-refractivity contribution >= 4 is 23.4 Å². The highest BCUT2D eigenvalue weighted by molar-refractivity contribution is 7.11. The van der Waals surface area contributed by atoms with Crippen molar-refractivity contribution in [2.75, 3.05) is 6.54 Å². The predicted octanol–water partition coefficient (Wildman–Crippen LogP) is 2.67. The van der Waals surface area contributed by atoms with Crippen LogP contribution in [-0.2, 0) is 6.42 Å². The standard InChI is InChI=1S/C12H14N2S/c1-12(2)5-8-3-4-15-11(8)10-9(12)6-13-7-14-10/h3-4,7H,5-6H2,1-2H3,(H,13,14). The van der Waals surface area contributed by atoms with Gasteiger partial charge in [-0.2, -0.15) is 0 Å². The van der Waals surface area contributed by atoms with Crippen LogP contribution in [0.2, 0.25) is 0 Å². The summed E-state index contributed by atoms with van der Waals surface area (Å²) < 4.78 is 0. The van der Waals surface area contributed by atoms with Crippen molar-refractivity contribution in [3.8, 4) is 0 Å². The highest BCUT2D eigenvalue weighted by Crippen LogP contribution is 2.44. The van der Waals surface area contributed by atoms with Crippen molar-refractivity contribution in [3.63, 3.8) is 0 Å². The van der Waals surface area contributed by atoms with Gasteiger partial charge in [-0.25, -0.2) is 0 Å². The molecule has 2 aliphatic rings. The van der Waals surface area contributed by atoms with Crippen LogP contribution in [0.3, 0.4) is 0 Å². The van der Waals surface area contributed by atoms with E-state index in [0.29, 0.717) is 0 Å². The Kier molecular flexibility index (Phi) is 1.80. The van der Waals surface area contributed by atoms with Crippen LogP contribution in [-0.4, -0.2) is 12.9 Å². The molecule has 3 rings (SSSR count). The predicted molar refractivity (Wildman–Crippen MR) is 65.2 cm³/mol. The molecule has 2 nitrogen and oxygen atoms in total. The van der Waals surface area contributed by atoms with Crippen LogP contribution in [0.1, 0.15) is 24.3 Å². The zero-order valence-electron chi connectivity index (χ0n) is 9.00. The van der Waals surface area contributed by atoms with E-state index >= 15 is 0 Å². The third kappa shape index (κ3) is 1.26. The first-order valence-electron chi connectivity index (χ1n) is 5.24. The molecule has 1 aromatic rings. The Hall–Kier alpha value is -1.09. The number of thiophene rings is 1. The number of nitrogens with zero attached hydrogens (tertiary/aromatic N) is 1. The van der Waals surface area contributed by atoms with E-state index < -0.39 is 0 Å². The van der Waals surface area contributed by atoms with Gasteiger partial charge >= 0.3 is 0 Å². The molecule has 0 saturated carbocycles. The summed E-state index contributed by atoms with van der Waals surface area (Å²) in [5.41, 5.74) is 4.49. The lowest BCUT2D eigenvalue weighted by molar-refractivity contribution is 0.430. The van der Waals surface area contributed by atoms with E-state index in [2.05, 4.69) is 35.6 Å². The van der Waals surface area contributed by atoms with Crippen molar-refractivity contribution in [2.45, 2.75) is 20.3 Å². The molecule has 1 aliphatic heterocycles. The molecule has 0 aromatic carbocycles. The van der Waals surface area contributed by atoms with E-state index in [4.69, 9.17) is 0 Å². The summed E-state index contributed by atoms with van der Waals surface area (Å²) in [5.74, 6) is 0. The molecule has 3 heteroatoms. The maximum Gasteiger partial charge on any atom is 0.0872 e. The first-order valence-corrected chi connectivity index (χ1v) is 6.12. The molecule has 0 atom stereocenters. The molecule has 2 heterocycles. The van der Waals surface area contributed by atoms with E-state index in [0.717, 1.165) is 13.0 Å². The van der Waals surface area contributed by atoms with Gasteiger partial charge in [-0.15, -0.1) is 11.3 Å². The van der Waals surface area contributed by atoms with Crippen molar-refractivity contribution < 1.29 is 0 Å². The lowest BCUT2D eigenvalue weighted by atomic mass is 9.73. The Labute approximate surface area is 93.7 Å². The molecule has 15 heavy (non-hydrogen) atoms. The molecule has 78 valence electrons. The Bertz CT molecular complexity index is 466. The van der Waals surface area contributed by atoms with Crippen molar-refractivity contribution in [1.29, 1.82) is 0 Å². The van der Waals surface area contributed by atoms with Crippen molar-refractivity contribution in [1.82, 2.24) is 5.32 Å². The fourth-order valence-corrected chi connectivity index (χ4v) is 3.41. The summed E-state index contributed by atoms with van der Waals surface area (Å²) in [4.78, 5) is 5.74. The third-order valence-electron chi connectivity index (χ3n) is 3.27. The zero-order chi connectivity index (χ0) is 10.5. The van der Waals surface area contributed by atoms with Gasteiger partial charge in [0.1, 0.15) is 0 Å². The van der Waals surface area contributed by atoms with Crippen LogP contribution in [0.15, 0.2) is 22.0 Å². The lowest BCUT2D eigenvalue weighted by Gasteiger charge is -2.35. The van der Waals surface area contributed by atoms with Crippen LogP contribution in [0.4, 0.5) is 0 Å². The topological polar surface area (TPSA) is 24.4 Å². The minimum atomic E-state index is 0.244. The van der Waals surface area contributed by atoms with Gasteiger partial charge in [-0.05, 0) is 34.4 Å². The highest BCUT2D eigenvalue weighted by atomic mass is 32.1. The molecule has 0 fully saturated rings. The Morgan fingerprint density at radius 1 is 1.47 bits per heavy atom. The molecule has 1 aromatic heterocycles. The molecule has 0 radical (unpaired) electrons. The van der Waals surface area contributed by atoms with Gasteiger partial charge in [0.2, 0.25) is 0 Å². The molecule has 0 bridgehead atoms. The van der Waals surface area contributed by atoms with E-state index in [1.807, 2.05) is 17.7 Å². The monoisotopic (exact) mass is 218 g/mol. The van der Waals surface area contributed by atoms with E-state index in [1.54, 1.807) is 0 Å². The fraction of sp³-hybridized carbons (Fsp3) is 0.417. The van der Waals surface area contributed by atoms with Crippen LogP contribution in [0.25, 0.3) is 5.70 Å². The number of rotatable bonds is 0. The van der Waals surface area contributed by atoms with Gasteiger partial charge < -0.3 is 5.32 Å². The Morgan fingerprint density at radius 3 is 3.20 bits per heavy atom. The third-order valence-corrected chi connectivity index (χ3v) is 4.25. The smallest absolute Gasteiger partial charge is 0.0872 e. The molecular formula is C12H14N2S. The minimum absolute atomic E-state index is 0.244. The van der Waals surface area contributed by atoms with Crippen molar-refractivity contribution in [2.24, 2.45) is 10.4 Å². The summed E-state index contributed by atoms with van der Waals surface area (Å²) in [6.45, 7) is 5.48. The second-order valence-electron chi connectivity index (χ2n) is 4.80. The second kappa shape index (κ2) is 2.95.